The van der Waals surface area contributed by atoms with Crippen LogP contribution in [0.4, 0.5) is 0 Å². The van der Waals surface area contributed by atoms with Crippen LogP contribution in [-0.2, 0) is 13.6 Å². The maximum atomic E-state index is 5.72. The Morgan fingerprint density at radius 2 is 2.05 bits per heavy atom. The minimum atomic E-state index is 0.442. The van der Waals surface area contributed by atoms with Gasteiger partial charge in [0.25, 0.3) is 0 Å². The first-order valence-electron chi connectivity index (χ1n) is 6.47. The lowest BCUT2D eigenvalue weighted by atomic mass is 9.96. The molecule has 0 aliphatic carbocycles. The number of rotatable bonds is 3. The Bertz CT molecular complexity index is 600. The second-order valence-electron chi connectivity index (χ2n) is 5.16. The van der Waals surface area contributed by atoms with Crippen molar-refractivity contribution in [2.24, 2.45) is 12.8 Å². The number of nitrogens with two attached hydrogens (primary N) is 1. The van der Waals surface area contributed by atoms with Gasteiger partial charge in [0.05, 0.1) is 12.2 Å². The van der Waals surface area contributed by atoms with E-state index in [9.17, 15) is 0 Å². The molecule has 1 aromatic carbocycles. The van der Waals surface area contributed by atoms with E-state index >= 15 is 0 Å². The van der Waals surface area contributed by atoms with Crippen LogP contribution in [0.15, 0.2) is 22.8 Å². The quantitative estimate of drug-likeness (QED) is 0.935. The van der Waals surface area contributed by atoms with E-state index in [1.165, 1.54) is 16.7 Å². The van der Waals surface area contributed by atoms with Crippen LogP contribution in [0.25, 0.3) is 11.3 Å². The molecule has 2 aromatic rings. The predicted molar refractivity (Wildman–Crippen MR) is 83.1 cm³/mol. The fourth-order valence-corrected chi connectivity index (χ4v) is 2.92. The topological polar surface area (TPSA) is 43.8 Å². The first-order chi connectivity index (χ1) is 8.95. The number of imidazole rings is 1. The monoisotopic (exact) mass is 321 g/mol. The number of hydrogen-bond acceptors (Lipinski definition) is 2. The van der Waals surface area contributed by atoms with Crippen molar-refractivity contribution >= 4 is 15.9 Å². The van der Waals surface area contributed by atoms with Gasteiger partial charge in [0.15, 0.2) is 0 Å². The summed E-state index contributed by atoms with van der Waals surface area (Å²) >= 11 is 3.55. The third-order valence-corrected chi connectivity index (χ3v) is 4.06. The molecular formula is C15H20BrN3. The largest absolute Gasteiger partial charge is 0.329 e. The van der Waals surface area contributed by atoms with Crippen molar-refractivity contribution in [3.63, 3.8) is 0 Å². The highest BCUT2D eigenvalue weighted by Gasteiger charge is 2.16. The van der Waals surface area contributed by atoms with E-state index in [4.69, 9.17) is 5.73 Å². The first-order valence-corrected chi connectivity index (χ1v) is 7.27. The van der Waals surface area contributed by atoms with Gasteiger partial charge < -0.3 is 10.3 Å². The highest BCUT2D eigenvalue weighted by atomic mass is 79.9. The summed E-state index contributed by atoms with van der Waals surface area (Å²) in [6.45, 7) is 6.98. The smallest absolute Gasteiger partial charge is 0.132 e. The Morgan fingerprint density at radius 3 is 2.58 bits per heavy atom. The summed E-state index contributed by atoms with van der Waals surface area (Å²) in [5.41, 5.74) is 10.6. The van der Waals surface area contributed by atoms with Crippen molar-refractivity contribution in [3.05, 3.63) is 39.8 Å². The Labute approximate surface area is 123 Å². The lowest BCUT2D eigenvalue weighted by Crippen LogP contribution is -2.06. The number of halogens is 1. The Balaban J connectivity index is 2.64. The van der Waals surface area contributed by atoms with Crippen molar-refractivity contribution in [3.8, 4) is 11.3 Å². The van der Waals surface area contributed by atoms with Crippen LogP contribution >= 0.6 is 15.9 Å². The average molecular weight is 322 g/mol. The molecule has 0 aliphatic rings. The molecule has 102 valence electrons. The van der Waals surface area contributed by atoms with Crippen LogP contribution in [0.1, 0.15) is 36.7 Å². The average Bonchev–Trinajstić information content (AvgIpc) is 2.65. The van der Waals surface area contributed by atoms with E-state index in [0.29, 0.717) is 12.5 Å². The van der Waals surface area contributed by atoms with Crippen LogP contribution in [0.5, 0.6) is 0 Å². The molecule has 0 amide bonds. The summed E-state index contributed by atoms with van der Waals surface area (Å²) in [7, 11) is 2.01. The molecule has 0 saturated carbocycles. The van der Waals surface area contributed by atoms with Crippen LogP contribution in [0.2, 0.25) is 0 Å². The van der Waals surface area contributed by atoms with Gasteiger partial charge in [-0.05, 0) is 46.0 Å². The van der Waals surface area contributed by atoms with Crippen molar-refractivity contribution in [2.45, 2.75) is 33.2 Å². The minimum Gasteiger partial charge on any atom is -0.329 e. The van der Waals surface area contributed by atoms with Crippen molar-refractivity contribution in [1.82, 2.24) is 9.55 Å². The highest BCUT2D eigenvalue weighted by Crippen LogP contribution is 2.32. The lowest BCUT2D eigenvalue weighted by Gasteiger charge is -2.13. The summed E-state index contributed by atoms with van der Waals surface area (Å²) in [6, 6.07) is 6.62. The molecule has 0 bridgehead atoms. The molecule has 19 heavy (non-hydrogen) atoms. The highest BCUT2D eigenvalue weighted by molar-refractivity contribution is 9.10. The van der Waals surface area contributed by atoms with Crippen molar-refractivity contribution < 1.29 is 0 Å². The standard InChI is InChI=1S/C15H20BrN3/c1-9(2)11-6-5-10(3)12(7-11)14-15(16)18-13(8-17)19(14)4/h5-7,9H,8,17H2,1-4H3. The maximum absolute atomic E-state index is 5.72. The van der Waals surface area contributed by atoms with Crippen LogP contribution < -0.4 is 5.73 Å². The summed E-state index contributed by atoms with van der Waals surface area (Å²) < 4.78 is 2.93. The maximum Gasteiger partial charge on any atom is 0.132 e. The summed E-state index contributed by atoms with van der Waals surface area (Å²) in [5.74, 6) is 1.40. The zero-order valence-corrected chi connectivity index (χ0v) is 13.5. The van der Waals surface area contributed by atoms with E-state index in [1.54, 1.807) is 0 Å². The molecule has 1 aromatic heterocycles. The van der Waals surface area contributed by atoms with E-state index < -0.39 is 0 Å². The summed E-state index contributed by atoms with van der Waals surface area (Å²) in [6.07, 6.45) is 0. The van der Waals surface area contributed by atoms with Crippen LogP contribution in [0, 0.1) is 6.92 Å². The van der Waals surface area contributed by atoms with Gasteiger partial charge in [-0.25, -0.2) is 4.98 Å². The zero-order valence-electron chi connectivity index (χ0n) is 11.9. The normalized spacial score (nSPS) is 11.3. The molecule has 0 atom stereocenters. The third-order valence-electron chi connectivity index (χ3n) is 3.51. The van der Waals surface area contributed by atoms with Crippen LogP contribution in [0.3, 0.4) is 0 Å². The minimum absolute atomic E-state index is 0.442. The fourth-order valence-electron chi connectivity index (χ4n) is 2.24. The molecule has 1 heterocycles. The molecule has 0 saturated heterocycles. The van der Waals surface area contributed by atoms with Gasteiger partial charge in [0, 0.05) is 12.6 Å². The van der Waals surface area contributed by atoms with Gasteiger partial charge in [-0.15, -0.1) is 0 Å². The van der Waals surface area contributed by atoms with Gasteiger partial charge in [-0.2, -0.15) is 0 Å². The lowest BCUT2D eigenvalue weighted by molar-refractivity contribution is 0.797. The number of aryl methyl sites for hydroxylation is 1. The number of aromatic nitrogens is 2. The molecule has 2 rings (SSSR count). The van der Waals surface area contributed by atoms with Gasteiger partial charge in [-0.3, -0.25) is 0 Å². The predicted octanol–water partition coefficient (Wildman–Crippen LogP) is 3.74. The van der Waals surface area contributed by atoms with Gasteiger partial charge in [0.2, 0.25) is 0 Å². The number of hydrogen-bond donors (Lipinski definition) is 1. The van der Waals surface area contributed by atoms with Crippen molar-refractivity contribution in [2.75, 3.05) is 0 Å². The van der Waals surface area contributed by atoms with Gasteiger partial charge >= 0.3 is 0 Å². The Kier molecular flexibility index (Phi) is 4.11. The fraction of sp³-hybridized carbons (Fsp3) is 0.400. The molecule has 0 unspecified atom stereocenters. The van der Waals surface area contributed by atoms with E-state index in [2.05, 4.69) is 64.5 Å². The molecule has 0 fully saturated rings. The molecule has 0 aliphatic heterocycles. The molecule has 4 heteroatoms. The SMILES string of the molecule is Cc1ccc(C(C)C)cc1-c1c(Br)nc(CN)n1C. The molecule has 2 N–H and O–H groups in total. The number of nitrogens with zero attached hydrogens (tertiary/aromatic N) is 2. The van der Waals surface area contributed by atoms with E-state index in [1.807, 2.05) is 7.05 Å². The molecule has 0 spiro atoms. The third kappa shape index (κ3) is 2.60. The Morgan fingerprint density at radius 1 is 1.37 bits per heavy atom. The van der Waals surface area contributed by atoms with Crippen molar-refractivity contribution in [1.29, 1.82) is 0 Å². The van der Waals surface area contributed by atoms with E-state index in [-0.39, 0.29) is 0 Å². The second-order valence-corrected chi connectivity index (χ2v) is 5.91. The summed E-state index contributed by atoms with van der Waals surface area (Å²) in [4.78, 5) is 4.48. The first kappa shape index (κ1) is 14.3. The molecular weight excluding hydrogens is 302 g/mol. The van der Waals surface area contributed by atoms with Gasteiger partial charge in [0.1, 0.15) is 10.4 Å². The van der Waals surface area contributed by atoms with Gasteiger partial charge in [-0.1, -0.05) is 26.0 Å². The number of benzene rings is 1. The summed E-state index contributed by atoms with van der Waals surface area (Å²) in [5, 5.41) is 0. The van der Waals surface area contributed by atoms with E-state index in [0.717, 1.165) is 16.1 Å². The molecule has 3 nitrogen and oxygen atoms in total. The van der Waals surface area contributed by atoms with Crippen LogP contribution in [-0.4, -0.2) is 9.55 Å². The second kappa shape index (κ2) is 5.47. The molecule has 0 radical (unpaired) electrons. The Hall–Kier alpha value is -1.13. The zero-order chi connectivity index (χ0) is 14.2.